The molecule has 0 aliphatic carbocycles. The molecule has 0 atom stereocenters. The zero-order valence-corrected chi connectivity index (χ0v) is 25.4. The van der Waals surface area contributed by atoms with E-state index in [1.807, 2.05) is 69.3 Å². The molecular formula is C34H40N6O3. The molecular weight excluding hydrogens is 540 g/mol. The molecule has 2 heterocycles. The highest BCUT2D eigenvalue weighted by Crippen LogP contribution is 2.33. The predicted octanol–water partition coefficient (Wildman–Crippen LogP) is 6.81. The molecule has 1 amide bonds. The van der Waals surface area contributed by atoms with E-state index in [9.17, 15) is 4.79 Å². The number of piperazine rings is 1. The van der Waals surface area contributed by atoms with E-state index in [1.54, 1.807) is 6.07 Å². The number of nitrogens with zero attached hydrogens (tertiary/aromatic N) is 4. The number of carbonyl (C=O) groups excluding carboxylic acids is 1. The van der Waals surface area contributed by atoms with Crippen LogP contribution < -0.4 is 25.0 Å². The maximum absolute atomic E-state index is 13.5. The normalized spacial score (nSPS) is 13.4. The second kappa shape index (κ2) is 14.0. The van der Waals surface area contributed by atoms with Gasteiger partial charge in [0, 0.05) is 49.4 Å². The predicted molar refractivity (Wildman–Crippen MR) is 172 cm³/mol. The van der Waals surface area contributed by atoms with Crippen molar-refractivity contribution in [2.24, 2.45) is 0 Å². The van der Waals surface area contributed by atoms with Gasteiger partial charge in [-0.15, -0.1) is 0 Å². The summed E-state index contributed by atoms with van der Waals surface area (Å²) in [6.45, 7) is 13.9. The molecule has 224 valence electrons. The number of amides is 1. The van der Waals surface area contributed by atoms with Gasteiger partial charge < -0.3 is 25.0 Å². The Balaban J connectivity index is 1.38. The molecule has 5 rings (SSSR count). The summed E-state index contributed by atoms with van der Waals surface area (Å²) in [5.74, 6) is 1.09. The summed E-state index contributed by atoms with van der Waals surface area (Å²) >= 11 is 0. The molecule has 9 heteroatoms. The Labute approximate surface area is 253 Å². The number of hydrogen-bond donors (Lipinski definition) is 2. The van der Waals surface area contributed by atoms with Gasteiger partial charge >= 0.3 is 0 Å². The third-order valence-electron chi connectivity index (χ3n) is 7.47. The fourth-order valence-electron chi connectivity index (χ4n) is 5.20. The first-order valence-electron chi connectivity index (χ1n) is 14.9. The van der Waals surface area contributed by atoms with Crippen LogP contribution in [0.15, 0.2) is 72.9 Å². The Morgan fingerprint density at radius 1 is 0.884 bits per heavy atom. The summed E-state index contributed by atoms with van der Waals surface area (Å²) < 4.78 is 12.0. The molecule has 1 aliphatic rings. The average Bonchev–Trinajstić information content (AvgIpc) is 3.01. The summed E-state index contributed by atoms with van der Waals surface area (Å²) in [4.78, 5) is 27.6. The smallest absolute Gasteiger partial charge is 0.262 e. The van der Waals surface area contributed by atoms with Crippen LogP contribution in [0.25, 0.3) is 0 Å². The van der Waals surface area contributed by atoms with E-state index in [0.717, 1.165) is 55.2 Å². The quantitative estimate of drug-likeness (QED) is 0.200. The van der Waals surface area contributed by atoms with E-state index in [4.69, 9.17) is 9.47 Å². The minimum Gasteiger partial charge on any atom is -0.490 e. The third-order valence-corrected chi connectivity index (χ3v) is 7.47. The molecule has 0 radical (unpaired) electrons. The Hall–Kier alpha value is -4.63. The summed E-state index contributed by atoms with van der Waals surface area (Å²) in [5, 5.41) is 6.28. The van der Waals surface area contributed by atoms with Crippen molar-refractivity contribution in [1.82, 2.24) is 14.9 Å². The van der Waals surface area contributed by atoms with Gasteiger partial charge in [-0.05, 0) is 81.3 Å². The molecule has 0 spiro atoms. The minimum absolute atomic E-state index is 0.120. The van der Waals surface area contributed by atoms with Gasteiger partial charge in [0.2, 0.25) is 11.8 Å². The van der Waals surface area contributed by atoms with E-state index < -0.39 is 0 Å². The molecule has 3 aromatic carbocycles. The Bertz CT molecular complexity index is 1510. The van der Waals surface area contributed by atoms with Crippen molar-refractivity contribution < 1.29 is 14.3 Å². The molecule has 1 aromatic heterocycles. The molecule has 43 heavy (non-hydrogen) atoms. The van der Waals surface area contributed by atoms with E-state index in [1.165, 1.54) is 18.3 Å². The second-order valence-electron chi connectivity index (χ2n) is 10.6. The largest absolute Gasteiger partial charge is 0.490 e. The van der Waals surface area contributed by atoms with Crippen molar-refractivity contribution in [1.29, 1.82) is 0 Å². The summed E-state index contributed by atoms with van der Waals surface area (Å²) in [6.07, 6.45) is 2.67. The van der Waals surface area contributed by atoms with Crippen LogP contribution in [0.4, 0.5) is 23.0 Å². The number of carbonyl (C=O) groups is 1. The van der Waals surface area contributed by atoms with E-state index in [0.29, 0.717) is 24.1 Å². The lowest BCUT2D eigenvalue weighted by atomic mass is 10.1. The number of rotatable bonds is 11. The van der Waals surface area contributed by atoms with E-state index >= 15 is 0 Å². The van der Waals surface area contributed by atoms with Gasteiger partial charge in [-0.2, -0.15) is 4.98 Å². The van der Waals surface area contributed by atoms with Crippen molar-refractivity contribution in [3.8, 4) is 17.4 Å². The topological polar surface area (TPSA) is 91.9 Å². The van der Waals surface area contributed by atoms with Crippen molar-refractivity contribution in [3.05, 3.63) is 89.6 Å². The highest BCUT2D eigenvalue weighted by Gasteiger charge is 2.21. The van der Waals surface area contributed by atoms with Crippen molar-refractivity contribution >= 4 is 28.9 Å². The number of para-hydroxylation sites is 3. The number of nitrogens with one attached hydrogen (secondary N) is 2. The zero-order valence-electron chi connectivity index (χ0n) is 25.4. The van der Waals surface area contributed by atoms with Gasteiger partial charge in [0.1, 0.15) is 5.56 Å². The first kappa shape index (κ1) is 29.8. The monoisotopic (exact) mass is 580 g/mol. The zero-order chi connectivity index (χ0) is 30.2. The highest BCUT2D eigenvalue weighted by atomic mass is 16.5. The van der Waals surface area contributed by atoms with Gasteiger partial charge in [0.05, 0.1) is 6.61 Å². The van der Waals surface area contributed by atoms with E-state index in [-0.39, 0.29) is 17.4 Å². The molecule has 1 fully saturated rings. The second-order valence-corrected chi connectivity index (χ2v) is 10.6. The maximum Gasteiger partial charge on any atom is 0.262 e. The van der Waals surface area contributed by atoms with Crippen molar-refractivity contribution in [2.75, 3.05) is 54.9 Å². The number of aryl methyl sites for hydroxylation is 2. The SMILES string of the molecule is CCCN1CCN(c2ccc(Nc3ncc(C(=O)Nc4c(C)cccc4C)c(Oc4ccccc4OCC)n3)cc2)CC1. The molecule has 2 N–H and O–H groups in total. The van der Waals surface area contributed by atoms with Gasteiger partial charge in [-0.1, -0.05) is 37.3 Å². The van der Waals surface area contributed by atoms with Crippen molar-refractivity contribution in [3.63, 3.8) is 0 Å². The van der Waals surface area contributed by atoms with Gasteiger partial charge in [0.15, 0.2) is 11.5 Å². The van der Waals surface area contributed by atoms with Crippen LogP contribution >= 0.6 is 0 Å². The Morgan fingerprint density at radius 2 is 1.58 bits per heavy atom. The first-order valence-corrected chi connectivity index (χ1v) is 14.9. The Morgan fingerprint density at radius 3 is 2.26 bits per heavy atom. The van der Waals surface area contributed by atoms with Crippen LogP contribution in [0.5, 0.6) is 17.4 Å². The fourth-order valence-corrected chi connectivity index (χ4v) is 5.20. The molecule has 1 aliphatic heterocycles. The standard InChI is InChI=1S/C34H40N6O3/c1-5-18-39-19-21-40(22-20-39)27-16-14-26(15-17-27)36-34-35-23-28(32(41)37-31-24(3)10-9-11-25(31)4)33(38-34)43-30-13-8-7-12-29(30)42-6-2/h7-17,23H,5-6,18-22H2,1-4H3,(H,37,41)(H,35,36,38). The van der Waals surface area contributed by atoms with Gasteiger partial charge in [-0.25, -0.2) is 4.98 Å². The lowest BCUT2D eigenvalue weighted by Gasteiger charge is -2.36. The molecule has 1 saturated heterocycles. The fraction of sp³-hybridized carbons (Fsp3) is 0.324. The van der Waals surface area contributed by atoms with Crippen LogP contribution in [0.1, 0.15) is 41.8 Å². The Kier molecular flexibility index (Phi) is 9.73. The van der Waals surface area contributed by atoms with Crippen molar-refractivity contribution in [2.45, 2.75) is 34.1 Å². The third kappa shape index (κ3) is 7.42. The van der Waals surface area contributed by atoms with Crippen LogP contribution in [0.2, 0.25) is 0 Å². The number of benzene rings is 3. The molecule has 0 bridgehead atoms. The molecule has 0 unspecified atom stereocenters. The number of aromatic nitrogens is 2. The summed E-state index contributed by atoms with van der Waals surface area (Å²) in [5.41, 5.74) is 4.91. The van der Waals surface area contributed by atoms with Crippen LogP contribution in [-0.2, 0) is 0 Å². The molecule has 4 aromatic rings. The average molecular weight is 581 g/mol. The minimum atomic E-state index is -0.365. The number of anilines is 4. The summed E-state index contributed by atoms with van der Waals surface area (Å²) in [6, 6.07) is 21.5. The van der Waals surface area contributed by atoms with Gasteiger partial charge in [-0.3, -0.25) is 9.69 Å². The van der Waals surface area contributed by atoms with Crippen LogP contribution in [-0.4, -0.2) is 60.1 Å². The van der Waals surface area contributed by atoms with Crippen LogP contribution in [0.3, 0.4) is 0 Å². The lowest BCUT2D eigenvalue weighted by molar-refractivity contribution is 0.102. The highest BCUT2D eigenvalue weighted by molar-refractivity contribution is 6.06. The maximum atomic E-state index is 13.5. The molecule has 9 nitrogen and oxygen atoms in total. The first-order chi connectivity index (χ1) is 20.9. The lowest BCUT2D eigenvalue weighted by Crippen LogP contribution is -2.46. The summed E-state index contributed by atoms with van der Waals surface area (Å²) in [7, 11) is 0. The molecule has 0 saturated carbocycles. The van der Waals surface area contributed by atoms with Crippen LogP contribution in [0, 0.1) is 13.8 Å². The van der Waals surface area contributed by atoms with Gasteiger partial charge in [0.25, 0.3) is 5.91 Å². The number of hydrogen-bond acceptors (Lipinski definition) is 8. The number of ether oxygens (including phenoxy) is 2. The van der Waals surface area contributed by atoms with E-state index in [2.05, 4.69) is 49.5 Å².